The first kappa shape index (κ1) is 16.5. The molecule has 4 N–H and O–H groups in total. The molecule has 2 aromatic carbocycles. The Balaban J connectivity index is 1.70. The van der Waals surface area contributed by atoms with Crippen LogP contribution in [0.5, 0.6) is 5.75 Å². The van der Waals surface area contributed by atoms with E-state index in [-0.39, 0.29) is 23.7 Å². The van der Waals surface area contributed by atoms with Crippen LogP contribution in [0.1, 0.15) is 34.7 Å². The van der Waals surface area contributed by atoms with Crippen molar-refractivity contribution in [2.75, 3.05) is 5.32 Å². The van der Waals surface area contributed by atoms with Crippen molar-refractivity contribution in [3.63, 3.8) is 0 Å². The van der Waals surface area contributed by atoms with Crippen LogP contribution in [0.25, 0.3) is 0 Å². The van der Waals surface area contributed by atoms with Gasteiger partial charge in [0.25, 0.3) is 0 Å². The maximum atomic E-state index is 12.6. The Labute approximate surface area is 142 Å². The predicted molar refractivity (Wildman–Crippen MR) is 94.8 cm³/mol. The zero-order valence-electron chi connectivity index (χ0n) is 14.2. The lowest BCUT2D eigenvalue weighted by Crippen LogP contribution is -2.39. The molecule has 1 heterocycles. The van der Waals surface area contributed by atoms with Gasteiger partial charge >= 0.3 is 0 Å². The third-order valence-electron chi connectivity index (χ3n) is 4.51. The Hall–Kier alpha value is -2.37. The van der Waals surface area contributed by atoms with Gasteiger partial charge in [0.05, 0.1) is 6.04 Å². The highest BCUT2D eigenvalue weighted by atomic mass is 16.3. The molecule has 1 saturated heterocycles. The number of aromatic hydroxyl groups is 1. The molecule has 0 aromatic heterocycles. The SMILES string of the molecule is Cc1ccc(C2CC(C(=O)Nc3c(C)cccc3C)NN2)c(O)c1. The molecule has 1 aliphatic heterocycles. The molecule has 126 valence electrons. The monoisotopic (exact) mass is 325 g/mol. The molecule has 2 atom stereocenters. The van der Waals surface area contributed by atoms with Gasteiger partial charge in [0.2, 0.25) is 5.91 Å². The van der Waals surface area contributed by atoms with Gasteiger partial charge in [-0.05, 0) is 49.9 Å². The maximum Gasteiger partial charge on any atom is 0.242 e. The lowest BCUT2D eigenvalue weighted by molar-refractivity contribution is -0.117. The second kappa shape index (κ2) is 6.63. The van der Waals surface area contributed by atoms with Gasteiger partial charge in [-0.2, -0.15) is 0 Å². The number of phenolic OH excluding ortho intramolecular Hbond substituents is 1. The van der Waals surface area contributed by atoms with Crippen molar-refractivity contribution in [2.45, 2.75) is 39.3 Å². The van der Waals surface area contributed by atoms with E-state index in [0.717, 1.165) is 27.9 Å². The number of aryl methyl sites for hydroxylation is 3. The van der Waals surface area contributed by atoms with Gasteiger partial charge in [0, 0.05) is 11.3 Å². The molecule has 1 fully saturated rings. The maximum absolute atomic E-state index is 12.6. The van der Waals surface area contributed by atoms with Gasteiger partial charge < -0.3 is 10.4 Å². The third-order valence-corrected chi connectivity index (χ3v) is 4.51. The van der Waals surface area contributed by atoms with Crippen molar-refractivity contribution in [3.8, 4) is 5.75 Å². The number of carbonyl (C=O) groups is 1. The number of phenols is 1. The van der Waals surface area contributed by atoms with Crippen molar-refractivity contribution in [2.24, 2.45) is 0 Å². The molecule has 2 aromatic rings. The molecule has 3 rings (SSSR count). The van der Waals surface area contributed by atoms with E-state index in [4.69, 9.17) is 0 Å². The summed E-state index contributed by atoms with van der Waals surface area (Å²) in [5.41, 5.74) is 10.9. The van der Waals surface area contributed by atoms with E-state index in [1.54, 1.807) is 6.07 Å². The minimum atomic E-state index is -0.352. The second-order valence-electron chi connectivity index (χ2n) is 6.45. The standard InChI is InChI=1S/C19H23N3O2/c1-11-7-8-14(17(23)9-11)15-10-16(22-21-15)19(24)20-18-12(2)5-4-6-13(18)3/h4-9,15-16,21-23H,10H2,1-3H3,(H,20,24). The van der Waals surface area contributed by atoms with Crippen molar-refractivity contribution in [3.05, 3.63) is 58.7 Å². The Morgan fingerprint density at radius 3 is 2.50 bits per heavy atom. The molecule has 0 spiro atoms. The molecule has 5 heteroatoms. The van der Waals surface area contributed by atoms with Gasteiger partial charge in [0.15, 0.2) is 0 Å². The van der Waals surface area contributed by atoms with Crippen LogP contribution in [-0.4, -0.2) is 17.1 Å². The lowest BCUT2D eigenvalue weighted by Gasteiger charge is -2.15. The summed E-state index contributed by atoms with van der Waals surface area (Å²) in [4.78, 5) is 12.6. The topological polar surface area (TPSA) is 73.4 Å². The van der Waals surface area contributed by atoms with Gasteiger partial charge in [-0.3, -0.25) is 4.79 Å². The summed E-state index contributed by atoms with van der Waals surface area (Å²) in [7, 11) is 0. The minimum absolute atomic E-state index is 0.0750. The summed E-state index contributed by atoms with van der Waals surface area (Å²) >= 11 is 0. The van der Waals surface area contributed by atoms with Crippen molar-refractivity contribution in [1.29, 1.82) is 0 Å². The van der Waals surface area contributed by atoms with Crippen molar-refractivity contribution < 1.29 is 9.90 Å². The zero-order valence-corrected chi connectivity index (χ0v) is 14.2. The number of anilines is 1. The van der Waals surface area contributed by atoms with E-state index in [1.165, 1.54) is 0 Å². The van der Waals surface area contributed by atoms with Gasteiger partial charge in [-0.1, -0.05) is 30.3 Å². The molecule has 0 radical (unpaired) electrons. The van der Waals surface area contributed by atoms with Crippen LogP contribution in [-0.2, 0) is 4.79 Å². The van der Waals surface area contributed by atoms with E-state index in [9.17, 15) is 9.90 Å². The number of hydrogen-bond acceptors (Lipinski definition) is 4. The number of hydrogen-bond donors (Lipinski definition) is 4. The molecule has 1 aliphatic rings. The minimum Gasteiger partial charge on any atom is -0.508 e. The molecule has 0 saturated carbocycles. The first-order valence-corrected chi connectivity index (χ1v) is 8.13. The summed E-state index contributed by atoms with van der Waals surface area (Å²) in [5.74, 6) is 0.180. The Kier molecular flexibility index (Phi) is 4.55. The highest BCUT2D eigenvalue weighted by molar-refractivity contribution is 5.96. The van der Waals surface area contributed by atoms with Crippen LogP contribution in [0, 0.1) is 20.8 Å². The smallest absolute Gasteiger partial charge is 0.242 e. The molecule has 2 unspecified atom stereocenters. The number of rotatable bonds is 3. The van der Waals surface area contributed by atoms with Crippen LogP contribution < -0.4 is 16.2 Å². The van der Waals surface area contributed by atoms with E-state index < -0.39 is 0 Å². The van der Waals surface area contributed by atoms with E-state index in [2.05, 4.69) is 16.2 Å². The van der Waals surface area contributed by atoms with Crippen LogP contribution >= 0.6 is 0 Å². The zero-order chi connectivity index (χ0) is 17.3. The number of carbonyl (C=O) groups excluding carboxylic acids is 1. The fourth-order valence-corrected chi connectivity index (χ4v) is 3.10. The number of para-hydroxylation sites is 1. The van der Waals surface area contributed by atoms with Crippen LogP contribution in [0.15, 0.2) is 36.4 Å². The van der Waals surface area contributed by atoms with E-state index in [1.807, 2.05) is 51.1 Å². The van der Waals surface area contributed by atoms with Gasteiger partial charge in [0.1, 0.15) is 11.8 Å². The first-order valence-electron chi connectivity index (χ1n) is 8.13. The number of amides is 1. The summed E-state index contributed by atoms with van der Waals surface area (Å²) < 4.78 is 0. The van der Waals surface area contributed by atoms with Gasteiger partial charge in [-0.25, -0.2) is 10.9 Å². The number of nitrogens with one attached hydrogen (secondary N) is 3. The van der Waals surface area contributed by atoms with Gasteiger partial charge in [-0.15, -0.1) is 0 Å². The summed E-state index contributed by atoms with van der Waals surface area (Å²) in [6.45, 7) is 5.90. The average molecular weight is 325 g/mol. The van der Waals surface area contributed by atoms with Crippen molar-refractivity contribution >= 4 is 11.6 Å². The Morgan fingerprint density at radius 2 is 1.83 bits per heavy atom. The average Bonchev–Trinajstić information content (AvgIpc) is 3.00. The van der Waals surface area contributed by atoms with E-state index in [0.29, 0.717) is 6.42 Å². The second-order valence-corrected chi connectivity index (χ2v) is 6.45. The number of hydrazine groups is 1. The largest absolute Gasteiger partial charge is 0.508 e. The molecule has 5 nitrogen and oxygen atoms in total. The highest BCUT2D eigenvalue weighted by Gasteiger charge is 2.31. The normalized spacial score (nSPS) is 20.1. The molecular weight excluding hydrogens is 302 g/mol. The molecule has 24 heavy (non-hydrogen) atoms. The molecular formula is C19H23N3O2. The third kappa shape index (κ3) is 3.27. The number of benzene rings is 2. The fourth-order valence-electron chi connectivity index (χ4n) is 3.10. The quantitative estimate of drug-likeness (QED) is 0.700. The van der Waals surface area contributed by atoms with E-state index >= 15 is 0 Å². The lowest BCUT2D eigenvalue weighted by atomic mass is 9.99. The van der Waals surface area contributed by atoms with Crippen LogP contribution in [0.4, 0.5) is 5.69 Å². The van der Waals surface area contributed by atoms with Crippen LogP contribution in [0.3, 0.4) is 0 Å². The summed E-state index contributed by atoms with van der Waals surface area (Å²) in [5, 5.41) is 13.1. The Bertz CT molecular complexity index is 753. The Morgan fingerprint density at radius 1 is 1.12 bits per heavy atom. The first-order chi connectivity index (χ1) is 11.5. The summed E-state index contributed by atoms with van der Waals surface area (Å²) in [6, 6.07) is 11.1. The fraction of sp³-hybridized carbons (Fsp3) is 0.316. The molecule has 0 aliphatic carbocycles. The predicted octanol–water partition coefficient (Wildman–Crippen LogP) is 2.86. The molecule has 1 amide bonds. The van der Waals surface area contributed by atoms with Crippen LogP contribution in [0.2, 0.25) is 0 Å². The highest BCUT2D eigenvalue weighted by Crippen LogP contribution is 2.30. The summed E-state index contributed by atoms with van der Waals surface area (Å²) in [6.07, 6.45) is 0.577. The molecule has 0 bridgehead atoms. The van der Waals surface area contributed by atoms with Crippen molar-refractivity contribution in [1.82, 2.24) is 10.9 Å².